The van der Waals surface area contributed by atoms with Gasteiger partial charge in [-0.15, -0.1) is 0 Å². The van der Waals surface area contributed by atoms with Crippen molar-refractivity contribution in [2.45, 2.75) is 0 Å². The molecular formula is C18H14O2. The summed E-state index contributed by atoms with van der Waals surface area (Å²) in [6.45, 7) is 0. The summed E-state index contributed by atoms with van der Waals surface area (Å²) in [5.74, 6) is -0.162. The standard InChI is InChI=1S/C18H14O2/c19-17(15-9-3-1-4-10-15)13-7-8-14-18(20)16-11-5-2-6-12-16/h1-14H/b13-7+,14-8+. The summed E-state index contributed by atoms with van der Waals surface area (Å²) in [6, 6.07) is 18.0. The van der Waals surface area contributed by atoms with Gasteiger partial charge in [0.1, 0.15) is 0 Å². The summed E-state index contributed by atoms with van der Waals surface area (Å²) in [4.78, 5) is 23.5. The highest BCUT2D eigenvalue weighted by molar-refractivity contribution is 6.06. The fourth-order valence-corrected chi connectivity index (χ4v) is 1.68. The van der Waals surface area contributed by atoms with Crippen LogP contribution < -0.4 is 0 Å². The minimum atomic E-state index is -0.0811. The van der Waals surface area contributed by atoms with Crippen LogP contribution in [0.2, 0.25) is 0 Å². The molecule has 0 atom stereocenters. The van der Waals surface area contributed by atoms with Crippen LogP contribution in [0.5, 0.6) is 0 Å². The lowest BCUT2D eigenvalue weighted by atomic mass is 10.1. The van der Waals surface area contributed by atoms with Gasteiger partial charge < -0.3 is 0 Å². The highest BCUT2D eigenvalue weighted by Gasteiger charge is 1.99. The number of ketones is 2. The van der Waals surface area contributed by atoms with Crippen LogP contribution in [0.25, 0.3) is 0 Å². The van der Waals surface area contributed by atoms with Crippen molar-refractivity contribution in [2.75, 3.05) is 0 Å². The predicted octanol–water partition coefficient (Wildman–Crippen LogP) is 3.86. The normalized spacial score (nSPS) is 11.0. The first kappa shape index (κ1) is 13.7. The van der Waals surface area contributed by atoms with Gasteiger partial charge in [0.25, 0.3) is 0 Å². The maximum absolute atomic E-state index is 11.8. The van der Waals surface area contributed by atoms with E-state index >= 15 is 0 Å². The molecule has 0 spiro atoms. The lowest BCUT2D eigenvalue weighted by Gasteiger charge is -1.93. The van der Waals surface area contributed by atoms with E-state index in [-0.39, 0.29) is 11.6 Å². The molecule has 0 aromatic heterocycles. The van der Waals surface area contributed by atoms with Crippen molar-refractivity contribution in [3.8, 4) is 0 Å². The van der Waals surface area contributed by atoms with Crippen molar-refractivity contribution in [2.24, 2.45) is 0 Å². The van der Waals surface area contributed by atoms with Crippen LogP contribution in [0, 0.1) is 0 Å². The van der Waals surface area contributed by atoms with Crippen molar-refractivity contribution in [3.05, 3.63) is 96.1 Å². The van der Waals surface area contributed by atoms with Crippen molar-refractivity contribution in [3.63, 3.8) is 0 Å². The molecule has 0 aliphatic rings. The first-order valence-electron chi connectivity index (χ1n) is 6.31. The van der Waals surface area contributed by atoms with Gasteiger partial charge in [-0.1, -0.05) is 72.8 Å². The maximum Gasteiger partial charge on any atom is 0.185 e. The number of carbonyl (C=O) groups is 2. The molecule has 0 radical (unpaired) electrons. The summed E-state index contributed by atoms with van der Waals surface area (Å²) >= 11 is 0. The third-order valence-corrected chi connectivity index (χ3v) is 2.72. The fraction of sp³-hybridized carbons (Fsp3) is 0. The number of hydrogen-bond acceptors (Lipinski definition) is 2. The monoisotopic (exact) mass is 262 g/mol. The zero-order valence-electron chi connectivity index (χ0n) is 10.9. The first-order valence-corrected chi connectivity index (χ1v) is 6.31. The number of hydrogen-bond donors (Lipinski definition) is 0. The molecule has 2 heteroatoms. The second-order valence-corrected chi connectivity index (χ2v) is 4.18. The average molecular weight is 262 g/mol. The van der Waals surface area contributed by atoms with Gasteiger partial charge in [-0.3, -0.25) is 9.59 Å². The lowest BCUT2D eigenvalue weighted by molar-refractivity contribution is 0.103. The number of benzene rings is 2. The van der Waals surface area contributed by atoms with E-state index in [9.17, 15) is 9.59 Å². The molecule has 0 bridgehead atoms. The predicted molar refractivity (Wildman–Crippen MR) is 79.8 cm³/mol. The Hall–Kier alpha value is -2.74. The molecule has 2 aromatic carbocycles. The summed E-state index contributed by atoms with van der Waals surface area (Å²) in [7, 11) is 0. The van der Waals surface area contributed by atoms with Crippen LogP contribution in [0.15, 0.2) is 85.0 Å². The Balaban J connectivity index is 1.95. The number of allylic oxidation sites excluding steroid dienone is 4. The van der Waals surface area contributed by atoms with Crippen LogP contribution in [0.4, 0.5) is 0 Å². The van der Waals surface area contributed by atoms with E-state index < -0.39 is 0 Å². The molecule has 0 aliphatic heterocycles. The van der Waals surface area contributed by atoms with E-state index in [1.54, 1.807) is 36.4 Å². The molecule has 0 heterocycles. The topological polar surface area (TPSA) is 34.1 Å². The minimum Gasteiger partial charge on any atom is -0.289 e. The van der Waals surface area contributed by atoms with E-state index in [2.05, 4.69) is 0 Å². The molecule has 0 unspecified atom stereocenters. The highest BCUT2D eigenvalue weighted by atomic mass is 16.1. The SMILES string of the molecule is O=C(/C=C/C=C/C(=O)c1ccccc1)c1ccccc1. The van der Waals surface area contributed by atoms with E-state index in [0.29, 0.717) is 11.1 Å². The van der Waals surface area contributed by atoms with Gasteiger partial charge in [-0.2, -0.15) is 0 Å². The third-order valence-electron chi connectivity index (χ3n) is 2.72. The molecular weight excluding hydrogens is 248 g/mol. The molecule has 2 aromatic rings. The quantitative estimate of drug-likeness (QED) is 0.466. The fourth-order valence-electron chi connectivity index (χ4n) is 1.68. The summed E-state index contributed by atoms with van der Waals surface area (Å²) in [6.07, 6.45) is 6.06. The molecule has 20 heavy (non-hydrogen) atoms. The summed E-state index contributed by atoms with van der Waals surface area (Å²) in [5.41, 5.74) is 1.26. The van der Waals surface area contributed by atoms with Crippen molar-refractivity contribution < 1.29 is 9.59 Å². The Kier molecular flexibility index (Phi) is 4.79. The molecule has 0 saturated carbocycles. The summed E-state index contributed by atoms with van der Waals surface area (Å²) < 4.78 is 0. The van der Waals surface area contributed by atoms with Gasteiger partial charge in [0.2, 0.25) is 0 Å². The van der Waals surface area contributed by atoms with E-state index in [1.807, 2.05) is 36.4 Å². The Morgan fingerprint density at radius 1 is 0.600 bits per heavy atom. The molecule has 2 nitrogen and oxygen atoms in total. The van der Waals surface area contributed by atoms with Gasteiger partial charge in [0.15, 0.2) is 11.6 Å². The first-order chi connectivity index (χ1) is 9.77. The smallest absolute Gasteiger partial charge is 0.185 e. The molecule has 2 rings (SSSR count). The second-order valence-electron chi connectivity index (χ2n) is 4.18. The van der Waals surface area contributed by atoms with Gasteiger partial charge >= 0.3 is 0 Å². The van der Waals surface area contributed by atoms with Crippen LogP contribution in [-0.2, 0) is 0 Å². The zero-order valence-corrected chi connectivity index (χ0v) is 10.9. The van der Waals surface area contributed by atoms with Gasteiger partial charge in [-0.05, 0) is 12.2 Å². The van der Waals surface area contributed by atoms with Crippen molar-refractivity contribution >= 4 is 11.6 Å². The Labute approximate surface area is 118 Å². The maximum atomic E-state index is 11.8. The van der Waals surface area contributed by atoms with E-state index in [4.69, 9.17) is 0 Å². The van der Waals surface area contributed by atoms with Crippen molar-refractivity contribution in [1.82, 2.24) is 0 Å². The average Bonchev–Trinajstić information content (AvgIpc) is 2.53. The van der Waals surface area contributed by atoms with Crippen LogP contribution >= 0.6 is 0 Å². The van der Waals surface area contributed by atoms with Crippen LogP contribution in [0.1, 0.15) is 20.7 Å². The number of rotatable bonds is 5. The lowest BCUT2D eigenvalue weighted by Crippen LogP contribution is -1.93. The van der Waals surface area contributed by atoms with E-state index in [0.717, 1.165) is 0 Å². The minimum absolute atomic E-state index is 0.0811. The highest BCUT2D eigenvalue weighted by Crippen LogP contribution is 2.02. The molecule has 0 fully saturated rings. The Bertz CT molecular complexity index is 578. The van der Waals surface area contributed by atoms with Gasteiger partial charge in [0.05, 0.1) is 0 Å². The third kappa shape index (κ3) is 3.89. The van der Waals surface area contributed by atoms with Gasteiger partial charge in [-0.25, -0.2) is 0 Å². The van der Waals surface area contributed by atoms with Gasteiger partial charge in [0, 0.05) is 11.1 Å². The molecule has 0 N–H and O–H groups in total. The largest absolute Gasteiger partial charge is 0.289 e. The van der Waals surface area contributed by atoms with Crippen LogP contribution in [-0.4, -0.2) is 11.6 Å². The molecule has 0 saturated heterocycles. The molecule has 0 amide bonds. The van der Waals surface area contributed by atoms with Crippen molar-refractivity contribution in [1.29, 1.82) is 0 Å². The Morgan fingerprint density at radius 3 is 1.30 bits per heavy atom. The molecule has 98 valence electrons. The zero-order chi connectivity index (χ0) is 14.2. The number of carbonyl (C=O) groups excluding carboxylic acids is 2. The second kappa shape index (κ2) is 7.00. The van der Waals surface area contributed by atoms with Crippen LogP contribution in [0.3, 0.4) is 0 Å². The Morgan fingerprint density at radius 2 is 0.950 bits per heavy atom. The summed E-state index contributed by atoms with van der Waals surface area (Å²) in [5, 5.41) is 0. The molecule has 0 aliphatic carbocycles. The van der Waals surface area contributed by atoms with E-state index in [1.165, 1.54) is 12.2 Å².